The van der Waals surface area contributed by atoms with Crippen LogP contribution in [-0.2, 0) is 4.79 Å². The molecule has 0 unspecified atom stereocenters. The lowest BCUT2D eigenvalue weighted by Gasteiger charge is -2.14. The van der Waals surface area contributed by atoms with Crippen LogP contribution in [-0.4, -0.2) is 22.4 Å². The quantitative estimate of drug-likeness (QED) is 0.507. The van der Waals surface area contributed by atoms with E-state index >= 15 is 0 Å². The van der Waals surface area contributed by atoms with Crippen LogP contribution in [0.4, 0.5) is 5.69 Å². The summed E-state index contributed by atoms with van der Waals surface area (Å²) >= 11 is 16.0. The minimum Gasteiger partial charge on any atom is -0.503 e. The number of methoxy groups -OCH3 is 1. The average molecular weight is 457 g/mol. The fourth-order valence-corrected chi connectivity index (χ4v) is 4.19. The van der Waals surface area contributed by atoms with Gasteiger partial charge in [-0.25, -0.2) is 0 Å². The van der Waals surface area contributed by atoms with E-state index in [1.807, 2.05) is 24.3 Å². The molecule has 3 rings (SSSR count). The number of carbonyl (C=O) groups excluding carboxylic acids is 1. The number of ether oxygens (including phenoxy) is 1. The summed E-state index contributed by atoms with van der Waals surface area (Å²) < 4.78 is 6.40. The number of hydrogen-bond donors (Lipinski definition) is 1. The largest absolute Gasteiger partial charge is 0.503 e. The summed E-state index contributed by atoms with van der Waals surface area (Å²) in [5, 5.41) is 9.96. The number of phenols is 1. The Bertz CT molecular complexity index is 917. The van der Waals surface area contributed by atoms with Gasteiger partial charge in [0.25, 0.3) is 5.91 Å². The molecule has 0 radical (unpaired) electrons. The van der Waals surface area contributed by atoms with Gasteiger partial charge >= 0.3 is 0 Å². The number of rotatable bonds is 3. The van der Waals surface area contributed by atoms with Gasteiger partial charge < -0.3 is 9.84 Å². The third-order valence-corrected chi connectivity index (χ3v) is 5.51. The van der Waals surface area contributed by atoms with Gasteiger partial charge in [0.1, 0.15) is 0 Å². The first kappa shape index (κ1) is 18.3. The SMILES string of the molecule is COc1cc(/C=C2\SC(=S)N(c3cccc(Br)c3)C2=O)cc(Cl)c1O. The third-order valence-electron chi connectivity index (χ3n) is 3.43. The molecule has 0 atom stereocenters. The lowest BCUT2D eigenvalue weighted by Crippen LogP contribution is -2.27. The molecule has 0 aromatic heterocycles. The maximum absolute atomic E-state index is 12.8. The van der Waals surface area contributed by atoms with Crippen molar-refractivity contribution in [3.63, 3.8) is 0 Å². The molecule has 2 aromatic rings. The van der Waals surface area contributed by atoms with Gasteiger partial charge in [-0.05, 0) is 42.0 Å². The molecule has 4 nitrogen and oxygen atoms in total. The molecule has 1 aliphatic heterocycles. The van der Waals surface area contributed by atoms with Crippen molar-refractivity contribution in [3.8, 4) is 11.5 Å². The molecule has 0 saturated carbocycles. The molecule has 1 N–H and O–H groups in total. The summed E-state index contributed by atoms with van der Waals surface area (Å²) in [6.45, 7) is 0. The number of benzene rings is 2. The second kappa shape index (κ2) is 7.37. The van der Waals surface area contributed by atoms with E-state index < -0.39 is 0 Å². The smallest absolute Gasteiger partial charge is 0.270 e. The predicted molar refractivity (Wildman–Crippen MR) is 109 cm³/mol. The maximum Gasteiger partial charge on any atom is 0.270 e. The minimum absolute atomic E-state index is 0.136. The number of nitrogens with zero attached hydrogens (tertiary/aromatic N) is 1. The molecule has 1 heterocycles. The first-order chi connectivity index (χ1) is 11.9. The number of thioether (sulfide) groups is 1. The molecular weight excluding hydrogens is 446 g/mol. The first-order valence-electron chi connectivity index (χ1n) is 7.00. The monoisotopic (exact) mass is 455 g/mol. The maximum atomic E-state index is 12.8. The summed E-state index contributed by atoms with van der Waals surface area (Å²) in [6, 6.07) is 10.5. The molecule has 1 amide bonds. The highest BCUT2D eigenvalue weighted by Crippen LogP contribution is 2.39. The van der Waals surface area contributed by atoms with Crippen molar-refractivity contribution < 1.29 is 14.6 Å². The van der Waals surface area contributed by atoms with E-state index in [9.17, 15) is 9.90 Å². The molecule has 0 aliphatic carbocycles. The summed E-state index contributed by atoms with van der Waals surface area (Å²) in [7, 11) is 1.43. The highest BCUT2D eigenvalue weighted by molar-refractivity contribution is 9.10. The lowest BCUT2D eigenvalue weighted by molar-refractivity contribution is -0.113. The standard InChI is InChI=1S/C17H11BrClNO3S2/c1-23-13-6-9(5-12(19)15(13)21)7-14-16(22)20(17(24)25-14)11-4-2-3-10(18)8-11/h2-8,21H,1H3/b14-7-. The van der Waals surface area contributed by atoms with Crippen LogP contribution < -0.4 is 9.64 Å². The third kappa shape index (κ3) is 3.69. The Hall–Kier alpha value is -1.54. The van der Waals surface area contributed by atoms with E-state index in [1.54, 1.807) is 18.2 Å². The van der Waals surface area contributed by atoms with Crippen LogP contribution in [0.3, 0.4) is 0 Å². The number of amides is 1. The van der Waals surface area contributed by atoms with Gasteiger partial charge in [-0.3, -0.25) is 9.69 Å². The average Bonchev–Trinajstić information content (AvgIpc) is 2.84. The summed E-state index contributed by atoms with van der Waals surface area (Å²) in [4.78, 5) is 14.7. The Morgan fingerprint density at radius 1 is 1.36 bits per heavy atom. The van der Waals surface area contributed by atoms with Crippen molar-refractivity contribution in [2.45, 2.75) is 0 Å². The Morgan fingerprint density at radius 3 is 2.80 bits per heavy atom. The number of hydrogen-bond acceptors (Lipinski definition) is 5. The Balaban J connectivity index is 1.97. The van der Waals surface area contributed by atoms with Gasteiger partial charge in [0.05, 0.1) is 22.7 Å². The molecule has 1 fully saturated rings. The van der Waals surface area contributed by atoms with Crippen LogP contribution in [0, 0.1) is 0 Å². The summed E-state index contributed by atoms with van der Waals surface area (Å²) in [5.74, 6) is -0.111. The van der Waals surface area contributed by atoms with E-state index in [4.69, 9.17) is 28.6 Å². The first-order valence-corrected chi connectivity index (χ1v) is 9.40. The van der Waals surface area contributed by atoms with E-state index in [-0.39, 0.29) is 22.4 Å². The van der Waals surface area contributed by atoms with Crippen LogP contribution >= 0.6 is 51.5 Å². The van der Waals surface area contributed by atoms with E-state index in [0.29, 0.717) is 20.5 Å². The summed E-state index contributed by atoms with van der Waals surface area (Å²) in [6.07, 6.45) is 1.67. The predicted octanol–water partition coefficient (Wildman–Crippen LogP) is 5.22. The number of anilines is 1. The van der Waals surface area contributed by atoms with Crippen molar-refractivity contribution >= 4 is 73.5 Å². The second-order valence-corrected chi connectivity index (χ2v) is 8.05. The van der Waals surface area contributed by atoms with E-state index in [1.165, 1.54) is 23.8 Å². The Kier molecular flexibility index (Phi) is 5.38. The Labute approximate surface area is 167 Å². The van der Waals surface area contributed by atoms with E-state index in [2.05, 4.69) is 15.9 Å². The zero-order chi connectivity index (χ0) is 18.1. The molecule has 8 heteroatoms. The zero-order valence-electron chi connectivity index (χ0n) is 12.8. The molecule has 1 saturated heterocycles. The number of halogens is 2. The van der Waals surface area contributed by atoms with Crippen molar-refractivity contribution in [2.24, 2.45) is 0 Å². The minimum atomic E-state index is -0.212. The van der Waals surface area contributed by atoms with Gasteiger partial charge in [0.2, 0.25) is 0 Å². The van der Waals surface area contributed by atoms with Crippen LogP contribution in [0.15, 0.2) is 45.8 Å². The van der Waals surface area contributed by atoms with Crippen LogP contribution in [0.2, 0.25) is 5.02 Å². The van der Waals surface area contributed by atoms with Gasteiger partial charge in [0, 0.05) is 4.47 Å². The van der Waals surface area contributed by atoms with Crippen LogP contribution in [0.5, 0.6) is 11.5 Å². The topological polar surface area (TPSA) is 49.8 Å². The highest BCUT2D eigenvalue weighted by atomic mass is 79.9. The second-order valence-electron chi connectivity index (χ2n) is 5.05. The number of phenolic OH excluding ortho intramolecular Hbond substituents is 1. The van der Waals surface area contributed by atoms with Gasteiger partial charge in [-0.2, -0.15) is 0 Å². The fraction of sp³-hybridized carbons (Fsp3) is 0.0588. The molecule has 1 aliphatic rings. The normalized spacial score (nSPS) is 16.0. The van der Waals surface area contributed by atoms with Crippen LogP contribution in [0.1, 0.15) is 5.56 Å². The van der Waals surface area contributed by atoms with Crippen molar-refractivity contribution in [1.82, 2.24) is 0 Å². The Morgan fingerprint density at radius 2 is 2.12 bits per heavy atom. The van der Waals surface area contributed by atoms with Crippen LogP contribution in [0.25, 0.3) is 6.08 Å². The highest BCUT2D eigenvalue weighted by Gasteiger charge is 2.33. The molecule has 128 valence electrons. The fourth-order valence-electron chi connectivity index (χ4n) is 2.29. The molecule has 25 heavy (non-hydrogen) atoms. The lowest BCUT2D eigenvalue weighted by atomic mass is 10.1. The van der Waals surface area contributed by atoms with Crippen molar-refractivity contribution in [1.29, 1.82) is 0 Å². The number of thiocarbonyl (C=S) groups is 1. The number of carbonyl (C=O) groups is 1. The van der Waals surface area contributed by atoms with Crippen molar-refractivity contribution in [3.05, 3.63) is 56.4 Å². The molecule has 0 spiro atoms. The molecule has 0 bridgehead atoms. The van der Waals surface area contributed by atoms with Gasteiger partial charge in [-0.15, -0.1) is 0 Å². The van der Waals surface area contributed by atoms with Crippen molar-refractivity contribution in [2.75, 3.05) is 12.0 Å². The van der Waals surface area contributed by atoms with Gasteiger partial charge in [-0.1, -0.05) is 57.6 Å². The molecule has 2 aromatic carbocycles. The summed E-state index contributed by atoms with van der Waals surface area (Å²) in [5.41, 5.74) is 1.33. The number of aromatic hydroxyl groups is 1. The van der Waals surface area contributed by atoms with Gasteiger partial charge in [0.15, 0.2) is 15.8 Å². The zero-order valence-corrected chi connectivity index (χ0v) is 16.8. The van der Waals surface area contributed by atoms with E-state index in [0.717, 1.165) is 4.47 Å². The molecular formula is C17H11BrClNO3S2.